The molecular weight excluding hydrogens is 468 g/mol. The fourth-order valence-corrected chi connectivity index (χ4v) is 4.82. The van der Waals surface area contributed by atoms with E-state index in [1.165, 1.54) is 7.11 Å². The van der Waals surface area contributed by atoms with Gasteiger partial charge in [0.2, 0.25) is 5.91 Å². The third-order valence-electron chi connectivity index (χ3n) is 6.76. The number of allylic oxidation sites excluding steroid dienone is 1. The largest absolute Gasteiger partial charge is 0.460 e. The minimum absolute atomic E-state index is 0.0965. The minimum Gasteiger partial charge on any atom is -0.460 e. The lowest BCUT2D eigenvalue weighted by molar-refractivity contribution is -0.155. The molecule has 0 aromatic carbocycles. The average molecular weight is 513 g/mol. The van der Waals surface area contributed by atoms with Gasteiger partial charge in [0.1, 0.15) is 30.5 Å². The molecule has 2 rings (SSSR count). The Morgan fingerprint density at radius 2 is 1.69 bits per heavy atom. The molecule has 10 nitrogen and oxygen atoms in total. The van der Waals surface area contributed by atoms with E-state index in [9.17, 15) is 29.7 Å². The number of nitrogens with one attached hydrogen (secondary N) is 2. The van der Waals surface area contributed by atoms with Gasteiger partial charge in [-0.1, -0.05) is 46.1 Å². The third kappa shape index (κ3) is 8.83. The molecule has 206 valence electrons. The molecule has 2 aliphatic rings. The fraction of sp³-hybridized carbons (Fsp3) is 0.808. The second-order valence-corrected chi connectivity index (χ2v) is 11.1. The molecule has 0 radical (unpaired) electrons. The number of esters is 1. The maximum Gasteiger partial charge on any atom is 0.309 e. The highest BCUT2D eigenvalue weighted by atomic mass is 16.5. The second-order valence-electron chi connectivity index (χ2n) is 11.1. The average Bonchev–Trinajstić information content (AvgIpc) is 2.99. The predicted molar refractivity (Wildman–Crippen MR) is 133 cm³/mol. The molecule has 5 N–H and O–H groups in total. The van der Waals surface area contributed by atoms with E-state index in [1.54, 1.807) is 13.0 Å². The summed E-state index contributed by atoms with van der Waals surface area (Å²) in [6, 6.07) is -0.926. The lowest BCUT2D eigenvalue weighted by Crippen LogP contribution is -2.55. The standard InChI is InChI=1S/C26H44N2O8/c1-15(13-26(2,3)4)19(29)20(30)21(31)22(35-5)24(33)28-18-12-11-17(14-27-23(18)32)36-25(34)16-9-7-6-8-10-16/h13,16-22,29-31H,6-12,14H2,1-5H3,(H,27,32)(H,28,33). The van der Waals surface area contributed by atoms with E-state index in [1.807, 2.05) is 20.8 Å². The minimum atomic E-state index is -1.74. The number of hydrogen-bond donors (Lipinski definition) is 5. The number of aliphatic hydroxyl groups excluding tert-OH is 3. The summed E-state index contributed by atoms with van der Waals surface area (Å²) in [5.41, 5.74) is 0.185. The zero-order valence-corrected chi connectivity index (χ0v) is 22.2. The molecule has 1 aliphatic carbocycles. The molecule has 1 saturated carbocycles. The quantitative estimate of drug-likeness (QED) is 0.226. The fourth-order valence-electron chi connectivity index (χ4n) is 4.82. The van der Waals surface area contributed by atoms with Crippen LogP contribution in [-0.4, -0.2) is 83.3 Å². The highest BCUT2D eigenvalue weighted by molar-refractivity contribution is 5.89. The Kier molecular flexibility index (Phi) is 11.3. The Balaban J connectivity index is 1.95. The summed E-state index contributed by atoms with van der Waals surface area (Å²) in [4.78, 5) is 37.9. The topological polar surface area (TPSA) is 154 Å². The summed E-state index contributed by atoms with van der Waals surface area (Å²) in [5, 5.41) is 36.8. The van der Waals surface area contributed by atoms with Crippen LogP contribution < -0.4 is 10.6 Å². The molecular formula is C26H44N2O8. The van der Waals surface area contributed by atoms with Gasteiger partial charge in [0.25, 0.3) is 5.91 Å². The van der Waals surface area contributed by atoms with E-state index < -0.39 is 48.4 Å². The van der Waals surface area contributed by atoms with Gasteiger partial charge in [0.15, 0.2) is 6.10 Å². The molecule has 10 heteroatoms. The maximum atomic E-state index is 12.9. The molecule has 6 atom stereocenters. The first-order chi connectivity index (χ1) is 16.8. The number of methoxy groups -OCH3 is 1. The van der Waals surface area contributed by atoms with Crippen LogP contribution in [-0.2, 0) is 23.9 Å². The number of carbonyl (C=O) groups is 3. The molecule has 0 aromatic rings. The van der Waals surface area contributed by atoms with Gasteiger partial charge in [-0.3, -0.25) is 14.4 Å². The van der Waals surface area contributed by atoms with Gasteiger partial charge in [0, 0.05) is 7.11 Å². The number of rotatable bonds is 9. The van der Waals surface area contributed by atoms with Gasteiger partial charge in [-0.25, -0.2) is 0 Å². The lowest BCUT2D eigenvalue weighted by Gasteiger charge is -2.30. The first-order valence-electron chi connectivity index (χ1n) is 12.9. The van der Waals surface area contributed by atoms with Crippen LogP contribution in [0.5, 0.6) is 0 Å². The monoisotopic (exact) mass is 512 g/mol. The van der Waals surface area contributed by atoms with Crippen molar-refractivity contribution in [3.8, 4) is 0 Å². The van der Waals surface area contributed by atoms with Crippen molar-refractivity contribution in [2.24, 2.45) is 11.3 Å². The number of carbonyl (C=O) groups excluding carboxylic acids is 3. The van der Waals surface area contributed by atoms with Crippen LogP contribution in [0.15, 0.2) is 11.6 Å². The first-order valence-corrected chi connectivity index (χ1v) is 12.9. The highest BCUT2D eigenvalue weighted by Crippen LogP contribution is 2.26. The van der Waals surface area contributed by atoms with Crippen molar-refractivity contribution in [1.29, 1.82) is 0 Å². The van der Waals surface area contributed by atoms with E-state index in [-0.39, 0.29) is 30.3 Å². The number of hydrogen-bond acceptors (Lipinski definition) is 8. The molecule has 0 spiro atoms. The Morgan fingerprint density at radius 1 is 1.06 bits per heavy atom. The Morgan fingerprint density at radius 3 is 2.28 bits per heavy atom. The van der Waals surface area contributed by atoms with Gasteiger partial charge in [-0.2, -0.15) is 0 Å². The van der Waals surface area contributed by atoms with E-state index in [0.717, 1.165) is 32.1 Å². The van der Waals surface area contributed by atoms with Crippen molar-refractivity contribution in [3.05, 3.63) is 11.6 Å². The van der Waals surface area contributed by atoms with Crippen molar-refractivity contribution in [2.75, 3.05) is 13.7 Å². The van der Waals surface area contributed by atoms with Gasteiger partial charge in [-0.15, -0.1) is 0 Å². The smallest absolute Gasteiger partial charge is 0.309 e. The van der Waals surface area contributed by atoms with Crippen LogP contribution in [0, 0.1) is 11.3 Å². The molecule has 1 saturated heterocycles. The predicted octanol–water partition coefficient (Wildman–Crippen LogP) is 0.963. The van der Waals surface area contributed by atoms with Crippen molar-refractivity contribution in [3.63, 3.8) is 0 Å². The summed E-state index contributed by atoms with van der Waals surface area (Å²) < 4.78 is 10.8. The van der Waals surface area contributed by atoms with Crippen LogP contribution in [0.1, 0.15) is 72.6 Å². The zero-order chi connectivity index (χ0) is 27.0. The van der Waals surface area contributed by atoms with Gasteiger partial charge in [0.05, 0.1) is 12.5 Å². The van der Waals surface area contributed by atoms with Gasteiger partial charge < -0.3 is 35.4 Å². The molecule has 0 aromatic heterocycles. The summed E-state index contributed by atoms with van der Waals surface area (Å²) >= 11 is 0. The molecule has 6 unspecified atom stereocenters. The van der Waals surface area contributed by atoms with E-state index in [2.05, 4.69) is 10.6 Å². The summed E-state index contributed by atoms with van der Waals surface area (Å²) in [6.07, 6.45) is 0.325. The highest BCUT2D eigenvalue weighted by Gasteiger charge is 2.39. The van der Waals surface area contributed by atoms with Crippen LogP contribution >= 0.6 is 0 Å². The summed E-state index contributed by atoms with van der Waals surface area (Å²) in [5.74, 6) is -1.57. The molecule has 1 aliphatic heterocycles. The number of ether oxygens (including phenoxy) is 2. The van der Waals surface area contributed by atoms with Crippen LogP contribution in [0.25, 0.3) is 0 Å². The first kappa shape index (κ1) is 30.2. The van der Waals surface area contributed by atoms with Crippen LogP contribution in [0.3, 0.4) is 0 Å². The maximum absolute atomic E-state index is 12.9. The van der Waals surface area contributed by atoms with Gasteiger partial charge in [-0.05, 0) is 43.6 Å². The van der Waals surface area contributed by atoms with Crippen molar-refractivity contribution >= 4 is 17.8 Å². The Labute approximate surface area is 213 Å². The van der Waals surface area contributed by atoms with Crippen LogP contribution in [0.4, 0.5) is 0 Å². The molecule has 1 heterocycles. The van der Waals surface area contributed by atoms with Crippen LogP contribution in [0.2, 0.25) is 0 Å². The molecule has 0 bridgehead atoms. The Bertz CT molecular complexity index is 787. The number of aliphatic hydroxyl groups is 3. The number of amides is 2. The summed E-state index contributed by atoms with van der Waals surface area (Å²) in [6.45, 7) is 7.57. The molecule has 2 amide bonds. The van der Waals surface area contributed by atoms with Crippen molar-refractivity contribution < 1.29 is 39.2 Å². The van der Waals surface area contributed by atoms with Crippen molar-refractivity contribution in [1.82, 2.24) is 10.6 Å². The summed E-state index contributed by atoms with van der Waals surface area (Å²) in [7, 11) is 1.19. The second kappa shape index (κ2) is 13.5. The van der Waals surface area contributed by atoms with E-state index in [0.29, 0.717) is 12.0 Å². The van der Waals surface area contributed by atoms with Crippen molar-refractivity contribution in [2.45, 2.75) is 109 Å². The normalized spacial score (nSPS) is 25.7. The van der Waals surface area contributed by atoms with E-state index in [4.69, 9.17) is 9.47 Å². The third-order valence-corrected chi connectivity index (χ3v) is 6.76. The lowest BCUT2D eigenvalue weighted by atomic mass is 9.89. The zero-order valence-electron chi connectivity index (χ0n) is 22.2. The SMILES string of the molecule is COC(C(=O)NC1CCC(OC(=O)C2CCCCC2)CNC1=O)C(O)C(O)C(O)C(C)=CC(C)(C)C. The molecule has 36 heavy (non-hydrogen) atoms. The Hall–Kier alpha value is -2.01. The van der Waals surface area contributed by atoms with Gasteiger partial charge >= 0.3 is 5.97 Å². The van der Waals surface area contributed by atoms with E-state index >= 15 is 0 Å². The molecule has 2 fully saturated rings.